The van der Waals surface area contributed by atoms with Gasteiger partial charge in [-0.3, -0.25) is 9.69 Å². The van der Waals surface area contributed by atoms with Crippen molar-refractivity contribution in [3.8, 4) is 0 Å². The Bertz CT molecular complexity index is 1850. The van der Waals surface area contributed by atoms with Crippen molar-refractivity contribution in [1.29, 1.82) is 0 Å². The van der Waals surface area contributed by atoms with E-state index in [2.05, 4.69) is 87.5 Å². The lowest BCUT2D eigenvalue weighted by Crippen LogP contribution is -2.67. The molecule has 304 valence electrons. The van der Waals surface area contributed by atoms with Gasteiger partial charge in [0.25, 0.3) is 0 Å². The molecule has 0 radical (unpaired) electrons. The van der Waals surface area contributed by atoms with E-state index in [0.29, 0.717) is 41.7 Å². The van der Waals surface area contributed by atoms with E-state index in [1.54, 1.807) is 12.1 Å². The van der Waals surface area contributed by atoms with E-state index in [9.17, 15) is 19.8 Å². The summed E-state index contributed by atoms with van der Waals surface area (Å²) in [7, 11) is 0. The molecule has 2 aromatic rings. The molecule has 3 N–H and O–H groups in total. The van der Waals surface area contributed by atoms with Crippen LogP contribution in [0.1, 0.15) is 127 Å². The number of hydrogen-bond donors (Lipinski definition) is 3. The number of piperazine rings is 1. The first-order chi connectivity index (χ1) is 26.5. The summed E-state index contributed by atoms with van der Waals surface area (Å²) >= 11 is 0. The van der Waals surface area contributed by atoms with Crippen LogP contribution in [0, 0.1) is 56.7 Å². The molecule has 56 heavy (non-hydrogen) atoms. The average Bonchev–Trinajstić information content (AvgIpc) is 3.58. The van der Waals surface area contributed by atoms with Crippen molar-refractivity contribution in [2.45, 2.75) is 125 Å². The second-order valence-electron chi connectivity index (χ2n) is 20.8. The molecule has 7 heteroatoms. The number of aromatic carboxylic acids is 1. The summed E-state index contributed by atoms with van der Waals surface area (Å²) in [5.41, 5.74) is 5.24. The number of allylic oxidation sites excluding steroid dienone is 1. The van der Waals surface area contributed by atoms with Crippen molar-refractivity contribution >= 4 is 17.6 Å². The van der Waals surface area contributed by atoms with E-state index in [-0.39, 0.29) is 39.1 Å². The third-order valence-corrected chi connectivity index (χ3v) is 18.2. The van der Waals surface area contributed by atoms with Gasteiger partial charge < -0.3 is 20.4 Å². The zero-order valence-electron chi connectivity index (χ0n) is 35.2. The summed E-state index contributed by atoms with van der Waals surface area (Å²) in [5, 5.41) is 24.1. The van der Waals surface area contributed by atoms with Gasteiger partial charge in [0.05, 0.1) is 17.1 Å². The second kappa shape index (κ2) is 14.3. The van der Waals surface area contributed by atoms with Gasteiger partial charge in [-0.15, -0.1) is 0 Å². The lowest BCUT2D eigenvalue weighted by atomic mass is 9.32. The minimum Gasteiger partial charge on any atom is -0.478 e. The lowest BCUT2D eigenvalue weighted by molar-refractivity contribution is -0.246. The molecule has 6 aliphatic rings. The topological polar surface area (TPSA) is 93.1 Å². The summed E-state index contributed by atoms with van der Waals surface area (Å²) in [5.74, 6) is 1.83. The summed E-state index contributed by atoms with van der Waals surface area (Å²) in [6.07, 6.45) is 10.9. The lowest BCUT2D eigenvalue weighted by Gasteiger charge is -2.72. The number of carbonyl (C=O) groups is 2. The average molecular weight is 764 g/mol. The summed E-state index contributed by atoms with van der Waals surface area (Å²) in [4.78, 5) is 31.1. The molecule has 10 atom stereocenters. The van der Waals surface area contributed by atoms with Crippen molar-refractivity contribution in [3.05, 3.63) is 77.4 Å². The standard InChI is InChI=1S/C49H69N3O4/c1-32(2)37-16-21-49(23-22-47(6)38(42(37)49)14-15-40-46(5)19-18-41(53)45(3,4)39(46)17-20-48(40,47)7)44(56)50-30-33-10-9-13-36(29-33)52-26-24-51(25-27-52)31-34-11-8-12-35(28-34)43(54)55/h8-13,28-29,37-42,53H,1,14-27,30-31H2,2-7H3,(H,50,56)(H,54,55)/t37-,38?,39?,40?,41-,42?,46-,47+,48+,49-/m0/s1. The highest BCUT2D eigenvalue weighted by Gasteiger charge is 2.71. The molecule has 1 amide bonds. The summed E-state index contributed by atoms with van der Waals surface area (Å²) in [6.45, 7) is 24.3. The van der Waals surface area contributed by atoms with Crippen molar-refractivity contribution in [3.63, 3.8) is 0 Å². The maximum atomic E-state index is 14.8. The molecular weight excluding hydrogens is 695 g/mol. The Morgan fingerprint density at radius 2 is 1.54 bits per heavy atom. The van der Waals surface area contributed by atoms with E-state index in [0.717, 1.165) is 82.4 Å². The van der Waals surface area contributed by atoms with Gasteiger partial charge in [-0.05, 0) is 158 Å². The Hall–Kier alpha value is -3.16. The highest BCUT2D eigenvalue weighted by molar-refractivity contribution is 5.87. The molecule has 8 rings (SSSR count). The fraction of sp³-hybridized carbons (Fsp3) is 0.673. The SMILES string of the molecule is C=C(C)[C@@H]1CC[C@]2(C(=O)NCc3cccc(N4CCN(Cc5cccc(C(=O)O)c5)CC4)c3)CC[C@]3(C)C(CCC4[C@@]5(C)CC[C@H](O)C(C)(C)C5CC[C@]43C)C12. The van der Waals surface area contributed by atoms with Crippen LogP contribution in [-0.2, 0) is 17.9 Å². The predicted octanol–water partition coefficient (Wildman–Crippen LogP) is 9.34. The van der Waals surface area contributed by atoms with E-state index < -0.39 is 5.97 Å². The Kier molecular flexibility index (Phi) is 10.1. The van der Waals surface area contributed by atoms with Crippen LogP contribution < -0.4 is 10.2 Å². The van der Waals surface area contributed by atoms with Gasteiger partial charge in [-0.1, -0.05) is 71.0 Å². The maximum absolute atomic E-state index is 14.8. The number of amides is 1. The number of aliphatic hydroxyl groups is 1. The van der Waals surface area contributed by atoms with Crippen LogP contribution in [0.3, 0.4) is 0 Å². The Morgan fingerprint density at radius 1 is 0.804 bits per heavy atom. The summed E-state index contributed by atoms with van der Waals surface area (Å²) in [6, 6.07) is 16.0. The minimum atomic E-state index is -0.886. The molecule has 0 spiro atoms. The normalized spacial score (nSPS) is 39.1. The predicted molar refractivity (Wildman–Crippen MR) is 224 cm³/mol. The van der Waals surface area contributed by atoms with Crippen LogP contribution in [0.2, 0.25) is 0 Å². The molecule has 7 nitrogen and oxygen atoms in total. The zero-order valence-corrected chi connectivity index (χ0v) is 35.2. The molecule has 0 bridgehead atoms. The van der Waals surface area contributed by atoms with Gasteiger partial charge in [-0.2, -0.15) is 0 Å². The van der Waals surface area contributed by atoms with Crippen LogP contribution in [0.5, 0.6) is 0 Å². The van der Waals surface area contributed by atoms with Gasteiger partial charge in [-0.25, -0.2) is 4.79 Å². The number of hydrogen-bond acceptors (Lipinski definition) is 5. The van der Waals surface area contributed by atoms with Crippen LogP contribution in [-0.4, -0.2) is 59.3 Å². The third-order valence-electron chi connectivity index (χ3n) is 18.2. The van der Waals surface area contributed by atoms with Crippen molar-refractivity contribution in [2.75, 3.05) is 31.1 Å². The number of aliphatic hydroxyl groups excluding tert-OH is 1. The van der Waals surface area contributed by atoms with Crippen LogP contribution >= 0.6 is 0 Å². The number of anilines is 1. The van der Waals surface area contributed by atoms with Gasteiger partial charge in [0.2, 0.25) is 5.91 Å². The van der Waals surface area contributed by atoms with E-state index in [1.807, 2.05) is 12.1 Å². The van der Waals surface area contributed by atoms with Gasteiger partial charge in [0.1, 0.15) is 0 Å². The molecule has 1 heterocycles. The summed E-state index contributed by atoms with van der Waals surface area (Å²) < 4.78 is 0. The van der Waals surface area contributed by atoms with Crippen molar-refractivity contribution in [2.24, 2.45) is 56.7 Å². The number of fused-ring (bicyclic) bond motifs is 7. The molecule has 1 aliphatic heterocycles. The number of rotatable bonds is 8. The Morgan fingerprint density at radius 3 is 2.27 bits per heavy atom. The molecule has 5 saturated carbocycles. The third kappa shape index (κ3) is 6.19. The molecule has 2 aromatic carbocycles. The fourth-order valence-corrected chi connectivity index (χ4v) is 15.0. The first kappa shape index (κ1) is 39.7. The van der Waals surface area contributed by atoms with Crippen molar-refractivity contribution in [1.82, 2.24) is 10.2 Å². The fourth-order valence-electron chi connectivity index (χ4n) is 15.0. The quantitative estimate of drug-likeness (QED) is 0.232. The number of carbonyl (C=O) groups excluding carboxylic acids is 1. The number of benzene rings is 2. The highest BCUT2D eigenvalue weighted by atomic mass is 16.4. The molecule has 6 fully saturated rings. The largest absolute Gasteiger partial charge is 0.478 e. The first-order valence-electron chi connectivity index (χ1n) is 22.0. The van der Waals surface area contributed by atoms with Crippen molar-refractivity contribution < 1.29 is 19.8 Å². The van der Waals surface area contributed by atoms with Gasteiger partial charge >= 0.3 is 5.97 Å². The van der Waals surface area contributed by atoms with Gasteiger partial charge in [0.15, 0.2) is 0 Å². The van der Waals surface area contributed by atoms with Crippen LogP contribution in [0.25, 0.3) is 0 Å². The first-order valence-corrected chi connectivity index (χ1v) is 22.0. The molecule has 4 unspecified atom stereocenters. The minimum absolute atomic E-state index is 0.0453. The smallest absolute Gasteiger partial charge is 0.335 e. The maximum Gasteiger partial charge on any atom is 0.335 e. The van der Waals surface area contributed by atoms with E-state index in [4.69, 9.17) is 0 Å². The molecule has 5 aliphatic carbocycles. The Balaban J connectivity index is 0.957. The highest BCUT2D eigenvalue weighted by Crippen LogP contribution is 2.77. The van der Waals surface area contributed by atoms with Crippen LogP contribution in [0.4, 0.5) is 5.69 Å². The molecular formula is C49H69N3O4. The molecule has 0 aromatic heterocycles. The number of nitrogens with zero attached hydrogens (tertiary/aromatic N) is 2. The number of carboxylic acids is 1. The van der Waals surface area contributed by atoms with Gasteiger partial charge in [0, 0.05) is 45.0 Å². The number of nitrogens with one attached hydrogen (secondary N) is 1. The molecule has 1 saturated heterocycles. The Labute approximate surface area is 336 Å². The zero-order chi connectivity index (χ0) is 39.8. The second-order valence-corrected chi connectivity index (χ2v) is 20.8. The van der Waals surface area contributed by atoms with Crippen LogP contribution in [0.15, 0.2) is 60.7 Å². The number of carboxylic acid groups (broad SMARTS) is 1. The monoisotopic (exact) mass is 764 g/mol. The van der Waals surface area contributed by atoms with E-state index in [1.165, 1.54) is 36.9 Å². The van der Waals surface area contributed by atoms with E-state index >= 15 is 0 Å².